The predicted octanol–water partition coefficient (Wildman–Crippen LogP) is 2.83. The zero-order chi connectivity index (χ0) is 26.2. The summed E-state index contributed by atoms with van der Waals surface area (Å²) in [6.45, 7) is 13.7. The number of urea groups is 1. The van der Waals surface area contributed by atoms with E-state index < -0.39 is 11.4 Å². The van der Waals surface area contributed by atoms with Crippen LogP contribution in [0.4, 0.5) is 26.8 Å². The van der Waals surface area contributed by atoms with Crippen molar-refractivity contribution in [3.8, 4) is 0 Å². The summed E-state index contributed by atoms with van der Waals surface area (Å²) in [5.41, 5.74) is 7.09. The van der Waals surface area contributed by atoms with Crippen molar-refractivity contribution in [1.82, 2.24) is 34.9 Å². The molecule has 36 heavy (non-hydrogen) atoms. The first-order chi connectivity index (χ1) is 17.1. The van der Waals surface area contributed by atoms with Crippen LogP contribution in [0.3, 0.4) is 0 Å². The van der Waals surface area contributed by atoms with Gasteiger partial charge in [0.1, 0.15) is 0 Å². The Kier molecular flexibility index (Phi) is 7.37. The maximum atomic E-state index is 14.1. The van der Waals surface area contributed by atoms with E-state index in [9.17, 15) is 9.18 Å². The monoisotopic (exact) mass is 503 g/mol. The van der Waals surface area contributed by atoms with E-state index in [4.69, 9.17) is 10.5 Å². The molecule has 0 aromatic carbocycles. The number of amides is 2. The number of aromatic amines is 1. The SMILES string of the molecule is CCc1nc(Nc2n[nH]c3c2CN(C(=O)N2C[C@@H](C)N(CCCOC)C[C@@H]2C)C3(C)C)nc(N)c1F. The van der Waals surface area contributed by atoms with Crippen LogP contribution in [0.25, 0.3) is 0 Å². The number of aromatic nitrogens is 4. The van der Waals surface area contributed by atoms with E-state index in [-0.39, 0.29) is 35.6 Å². The molecular formula is C24H38FN9O2. The fourth-order valence-corrected chi connectivity index (χ4v) is 5.18. The summed E-state index contributed by atoms with van der Waals surface area (Å²) in [7, 11) is 1.72. The van der Waals surface area contributed by atoms with E-state index in [0.717, 1.165) is 37.4 Å². The minimum absolute atomic E-state index is 0.00184. The smallest absolute Gasteiger partial charge is 0.321 e. The van der Waals surface area contributed by atoms with Gasteiger partial charge < -0.3 is 25.6 Å². The van der Waals surface area contributed by atoms with Gasteiger partial charge >= 0.3 is 6.03 Å². The van der Waals surface area contributed by atoms with Crippen LogP contribution in [0.5, 0.6) is 0 Å². The summed E-state index contributed by atoms with van der Waals surface area (Å²) in [6, 6.07) is 0.352. The largest absolute Gasteiger partial charge is 0.385 e. The number of nitrogens with two attached hydrogens (primary N) is 1. The highest BCUT2D eigenvalue weighted by molar-refractivity contribution is 5.78. The normalized spacial score (nSPS) is 21.6. The van der Waals surface area contributed by atoms with Crippen LogP contribution in [0.1, 0.15) is 58.0 Å². The third-order valence-corrected chi connectivity index (χ3v) is 7.37. The lowest BCUT2D eigenvalue weighted by Crippen LogP contribution is -2.61. The lowest BCUT2D eigenvalue weighted by Gasteiger charge is -2.46. The van der Waals surface area contributed by atoms with Gasteiger partial charge in [0.05, 0.1) is 23.5 Å². The van der Waals surface area contributed by atoms with Crippen LogP contribution in [-0.4, -0.2) is 86.3 Å². The average molecular weight is 504 g/mol. The second-order valence-corrected chi connectivity index (χ2v) is 10.2. The van der Waals surface area contributed by atoms with Gasteiger partial charge in [-0.15, -0.1) is 0 Å². The number of carbonyl (C=O) groups excluding carboxylic acids is 1. The van der Waals surface area contributed by atoms with E-state index >= 15 is 0 Å². The molecule has 198 valence electrons. The molecule has 2 aliphatic rings. The topological polar surface area (TPSA) is 129 Å². The number of piperazine rings is 1. The van der Waals surface area contributed by atoms with Gasteiger partial charge in [-0.1, -0.05) is 6.92 Å². The van der Waals surface area contributed by atoms with Gasteiger partial charge in [-0.3, -0.25) is 10.00 Å². The molecule has 2 amide bonds. The molecule has 2 aromatic rings. The summed E-state index contributed by atoms with van der Waals surface area (Å²) < 4.78 is 19.3. The number of hydrogen-bond acceptors (Lipinski definition) is 8. The molecule has 0 bridgehead atoms. The summed E-state index contributed by atoms with van der Waals surface area (Å²) in [5, 5.41) is 10.6. The fraction of sp³-hybridized carbons (Fsp3) is 0.667. The number of anilines is 3. The molecule has 4 heterocycles. The molecular weight excluding hydrogens is 465 g/mol. The fourth-order valence-electron chi connectivity index (χ4n) is 5.18. The highest BCUT2D eigenvalue weighted by Crippen LogP contribution is 2.42. The summed E-state index contributed by atoms with van der Waals surface area (Å²) in [4.78, 5) is 28.4. The first kappa shape index (κ1) is 26.1. The average Bonchev–Trinajstić information content (AvgIpc) is 3.35. The maximum Gasteiger partial charge on any atom is 0.321 e. The van der Waals surface area contributed by atoms with Crippen LogP contribution in [0.2, 0.25) is 0 Å². The van der Waals surface area contributed by atoms with Crippen molar-refractivity contribution in [3.63, 3.8) is 0 Å². The molecule has 1 saturated heterocycles. The number of nitrogens with zero attached hydrogens (tertiary/aromatic N) is 6. The van der Waals surface area contributed by atoms with Crippen molar-refractivity contribution in [1.29, 1.82) is 0 Å². The Labute approximate surface area is 211 Å². The van der Waals surface area contributed by atoms with Gasteiger partial charge in [0.15, 0.2) is 17.5 Å². The third-order valence-electron chi connectivity index (χ3n) is 7.37. The van der Waals surface area contributed by atoms with Crippen molar-refractivity contribution >= 4 is 23.6 Å². The van der Waals surface area contributed by atoms with Crippen LogP contribution in [0.15, 0.2) is 0 Å². The van der Waals surface area contributed by atoms with Gasteiger partial charge in [0.2, 0.25) is 5.95 Å². The van der Waals surface area contributed by atoms with Gasteiger partial charge in [-0.2, -0.15) is 10.1 Å². The Morgan fingerprint density at radius 1 is 1.28 bits per heavy atom. The minimum atomic E-state index is -0.602. The Morgan fingerprint density at radius 2 is 2.03 bits per heavy atom. The highest BCUT2D eigenvalue weighted by atomic mass is 19.1. The van der Waals surface area contributed by atoms with E-state index in [1.165, 1.54) is 0 Å². The first-order valence-corrected chi connectivity index (χ1v) is 12.6. The highest BCUT2D eigenvalue weighted by Gasteiger charge is 2.46. The standard InChI is InChI=1S/C24H38FN9O2/c1-7-17-18(25)20(26)28-22(27-17)29-21-16-13-34(24(4,5)19(16)30-31-21)23(35)33-12-14(2)32(11-15(33)3)9-8-10-36-6/h14-15H,7-13H2,1-6H3,(H4,26,27,28,29,30,31)/t14-,15+/m1/s1. The first-order valence-electron chi connectivity index (χ1n) is 12.6. The Morgan fingerprint density at radius 3 is 2.72 bits per heavy atom. The number of nitrogens with one attached hydrogen (secondary N) is 2. The van der Waals surface area contributed by atoms with Crippen molar-refractivity contribution in [2.75, 3.05) is 44.4 Å². The zero-order valence-electron chi connectivity index (χ0n) is 22.1. The number of rotatable bonds is 7. The van der Waals surface area contributed by atoms with E-state index in [0.29, 0.717) is 25.3 Å². The molecule has 2 aliphatic heterocycles. The lowest BCUT2D eigenvalue weighted by atomic mass is 10.0. The zero-order valence-corrected chi connectivity index (χ0v) is 22.1. The number of aryl methyl sites for hydroxylation is 1. The number of ether oxygens (including phenoxy) is 1. The molecule has 4 rings (SSSR count). The number of carbonyl (C=O) groups is 1. The molecule has 2 aromatic heterocycles. The van der Waals surface area contributed by atoms with Crippen LogP contribution in [0, 0.1) is 5.82 Å². The number of hydrogen-bond donors (Lipinski definition) is 3. The number of H-pyrrole nitrogens is 1. The summed E-state index contributed by atoms with van der Waals surface area (Å²) in [5.74, 6) is -0.131. The molecule has 2 atom stereocenters. The Hall–Kier alpha value is -2.99. The lowest BCUT2D eigenvalue weighted by molar-refractivity contribution is 0.0315. The number of nitrogen functional groups attached to an aromatic ring is 1. The van der Waals surface area contributed by atoms with Gasteiger partial charge in [-0.25, -0.2) is 14.2 Å². The molecule has 12 heteroatoms. The molecule has 1 fully saturated rings. The molecule has 0 unspecified atom stereocenters. The molecule has 4 N–H and O–H groups in total. The Bertz CT molecular complexity index is 1110. The van der Waals surface area contributed by atoms with Gasteiger partial charge in [-0.05, 0) is 40.5 Å². The van der Waals surface area contributed by atoms with Crippen molar-refractivity contribution in [3.05, 3.63) is 22.8 Å². The van der Waals surface area contributed by atoms with Gasteiger partial charge in [0.25, 0.3) is 0 Å². The van der Waals surface area contributed by atoms with Crippen molar-refractivity contribution < 1.29 is 13.9 Å². The molecule has 0 radical (unpaired) electrons. The molecule has 0 spiro atoms. The third kappa shape index (κ3) is 4.71. The summed E-state index contributed by atoms with van der Waals surface area (Å²) in [6.07, 6.45) is 1.36. The second kappa shape index (κ2) is 10.2. The molecule has 11 nitrogen and oxygen atoms in total. The van der Waals surface area contributed by atoms with Crippen LogP contribution in [-0.2, 0) is 23.2 Å². The van der Waals surface area contributed by atoms with Crippen LogP contribution >= 0.6 is 0 Å². The van der Waals surface area contributed by atoms with E-state index in [2.05, 4.69) is 44.2 Å². The minimum Gasteiger partial charge on any atom is -0.385 e. The Balaban J connectivity index is 1.50. The predicted molar refractivity (Wildman–Crippen MR) is 135 cm³/mol. The van der Waals surface area contributed by atoms with E-state index in [1.807, 2.05) is 23.6 Å². The van der Waals surface area contributed by atoms with Crippen molar-refractivity contribution in [2.24, 2.45) is 0 Å². The molecule has 0 saturated carbocycles. The summed E-state index contributed by atoms with van der Waals surface area (Å²) >= 11 is 0. The maximum absolute atomic E-state index is 14.1. The number of fused-ring (bicyclic) bond motifs is 1. The molecule has 0 aliphatic carbocycles. The quantitative estimate of drug-likeness (QED) is 0.492. The van der Waals surface area contributed by atoms with Crippen LogP contribution < -0.4 is 11.1 Å². The van der Waals surface area contributed by atoms with Crippen molar-refractivity contribution in [2.45, 2.75) is 71.6 Å². The second-order valence-electron chi connectivity index (χ2n) is 10.2. The van der Waals surface area contributed by atoms with E-state index in [1.54, 1.807) is 14.0 Å². The number of halogens is 1. The number of methoxy groups -OCH3 is 1. The van der Waals surface area contributed by atoms with Gasteiger partial charge in [0, 0.05) is 51.0 Å².